The summed E-state index contributed by atoms with van der Waals surface area (Å²) in [7, 11) is -2.07. The monoisotopic (exact) mass is 544 g/mol. The molecule has 2 unspecified atom stereocenters. The van der Waals surface area contributed by atoms with Crippen molar-refractivity contribution in [3.63, 3.8) is 0 Å². The van der Waals surface area contributed by atoms with E-state index in [1.165, 1.54) is 7.11 Å². The molecule has 1 amide bonds. The highest BCUT2D eigenvalue weighted by atomic mass is 32.2. The number of aryl methyl sites for hydroxylation is 1. The molecule has 2 aromatic carbocycles. The molecule has 1 saturated heterocycles. The number of esters is 1. The summed E-state index contributed by atoms with van der Waals surface area (Å²) in [6.45, 7) is 5.97. The fourth-order valence-electron chi connectivity index (χ4n) is 4.92. The lowest BCUT2D eigenvalue weighted by Gasteiger charge is -2.41. The summed E-state index contributed by atoms with van der Waals surface area (Å²) in [5, 5.41) is 0. The first-order valence-corrected chi connectivity index (χ1v) is 15.0. The minimum absolute atomic E-state index is 0.219. The Hall–Kier alpha value is -2.91. The van der Waals surface area contributed by atoms with Gasteiger partial charge in [0.2, 0.25) is 10.0 Å². The average molecular weight is 545 g/mol. The van der Waals surface area contributed by atoms with Gasteiger partial charge in [-0.25, -0.2) is 17.9 Å². The molecule has 8 nitrogen and oxygen atoms in total. The summed E-state index contributed by atoms with van der Waals surface area (Å²) in [6, 6.07) is 15.4. The molecule has 9 heteroatoms. The number of amides is 1. The normalized spacial score (nSPS) is 18.2. The second-order valence-corrected chi connectivity index (χ2v) is 12.7. The van der Waals surface area contributed by atoms with Crippen LogP contribution < -0.4 is 4.72 Å². The second-order valence-electron chi connectivity index (χ2n) is 10.9. The molecule has 38 heavy (non-hydrogen) atoms. The molecule has 1 heterocycles. The van der Waals surface area contributed by atoms with Crippen molar-refractivity contribution in [3.8, 4) is 11.1 Å². The molecule has 0 spiro atoms. The number of benzene rings is 2. The SMILES string of the molecule is COC(=O)CCCc1ccccc1-c1cccc(CC2C(NS(C)(=O)=O)CCCN2C(=O)OC(C)(C)C)c1. The Morgan fingerprint density at radius 1 is 1.11 bits per heavy atom. The van der Waals surface area contributed by atoms with Gasteiger partial charge < -0.3 is 14.4 Å². The van der Waals surface area contributed by atoms with Crippen molar-refractivity contribution in [2.45, 2.75) is 77.0 Å². The van der Waals surface area contributed by atoms with Crippen LogP contribution in [0.2, 0.25) is 0 Å². The first kappa shape index (κ1) is 29.6. The molecular formula is C29H40N2O6S. The molecule has 3 rings (SSSR count). The molecule has 2 atom stereocenters. The van der Waals surface area contributed by atoms with Gasteiger partial charge in [-0.3, -0.25) is 4.79 Å². The Bertz CT molecular complexity index is 1220. The Morgan fingerprint density at radius 2 is 1.84 bits per heavy atom. The van der Waals surface area contributed by atoms with Crippen LogP contribution in [-0.2, 0) is 37.1 Å². The number of hydrogen-bond donors (Lipinski definition) is 1. The third-order valence-electron chi connectivity index (χ3n) is 6.53. The van der Waals surface area contributed by atoms with Crippen molar-refractivity contribution in [1.82, 2.24) is 9.62 Å². The predicted octanol–water partition coefficient (Wildman–Crippen LogP) is 4.71. The molecular weight excluding hydrogens is 504 g/mol. The topological polar surface area (TPSA) is 102 Å². The smallest absolute Gasteiger partial charge is 0.410 e. The van der Waals surface area contributed by atoms with Crippen LogP contribution in [0.3, 0.4) is 0 Å². The van der Waals surface area contributed by atoms with Crippen LogP contribution >= 0.6 is 0 Å². The summed E-state index contributed by atoms with van der Waals surface area (Å²) < 4.78 is 37.5. The van der Waals surface area contributed by atoms with Crippen LogP contribution in [0.5, 0.6) is 0 Å². The first-order valence-electron chi connectivity index (χ1n) is 13.1. The number of hydrogen-bond acceptors (Lipinski definition) is 6. The van der Waals surface area contributed by atoms with Gasteiger partial charge in [0, 0.05) is 19.0 Å². The van der Waals surface area contributed by atoms with E-state index in [-0.39, 0.29) is 12.0 Å². The molecule has 0 aliphatic carbocycles. The van der Waals surface area contributed by atoms with E-state index in [0.29, 0.717) is 38.6 Å². The lowest BCUT2D eigenvalue weighted by atomic mass is 9.89. The van der Waals surface area contributed by atoms with Gasteiger partial charge >= 0.3 is 12.1 Å². The standard InChI is InChI=1S/C29H40N2O6S/c1-29(2,3)37-28(33)31-18-10-16-25(30-38(5,34)35)26(31)20-21-11-8-14-23(19-21)24-15-7-6-12-22(24)13-9-17-27(32)36-4/h6-8,11-12,14-15,19,25-26,30H,9-10,13,16-18,20H2,1-5H3. The van der Waals surface area contributed by atoms with E-state index in [2.05, 4.69) is 22.9 Å². The molecule has 2 aromatic rings. The van der Waals surface area contributed by atoms with E-state index in [9.17, 15) is 18.0 Å². The van der Waals surface area contributed by atoms with E-state index in [1.807, 2.05) is 51.1 Å². The van der Waals surface area contributed by atoms with E-state index < -0.39 is 27.8 Å². The Morgan fingerprint density at radius 3 is 2.53 bits per heavy atom. The molecule has 1 aliphatic heterocycles. The fourth-order valence-corrected chi connectivity index (χ4v) is 5.75. The minimum Gasteiger partial charge on any atom is -0.469 e. The van der Waals surface area contributed by atoms with Gasteiger partial charge in [-0.05, 0) is 75.1 Å². The summed E-state index contributed by atoms with van der Waals surface area (Å²) >= 11 is 0. The highest BCUT2D eigenvalue weighted by Crippen LogP contribution is 2.29. The van der Waals surface area contributed by atoms with Crippen LogP contribution in [0.4, 0.5) is 4.79 Å². The second kappa shape index (κ2) is 12.8. The number of carbonyl (C=O) groups is 2. The zero-order valence-electron chi connectivity index (χ0n) is 23.0. The maximum atomic E-state index is 13.1. The Balaban J connectivity index is 1.88. The van der Waals surface area contributed by atoms with Crippen LogP contribution in [0.1, 0.15) is 57.6 Å². The quantitative estimate of drug-likeness (QED) is 0.459. The number of carbonyl (C=O) groups excluding carboxylic acids is 2. The van der Waals surface area contributed by atoms with Gasteiger partial charge in [-0.2, -0.15) is 0 Å². The lowest BCUT2D eigenvalue weighted by Crippen LogP contribution is -2.58. The number of rotatable bonds is 9. The highest BCUT2D eigenvalue weighted by Gasteiger charge is 2.37. The molecule has 0 saturated carbocycles. The van der Waals surface area contributed by atoms with Crippen LogP contribution in [-0.4, -0.2) is 63.0 Å². The largest absolute Gasteiger partial charge is 0.469 e. The van der Waals surface area contributed by atoms with Gasteiger partial charge in [0.05, 0.1) is 19.4 Å². The number of ether oxygens (including phenoxy) is 2. The van der Waals surface area contributed by atoms with E-state index >= 15 is 0 Å². The molecule has 0 aromatic heterocycles. The number of sulfonamides is 1. The predicted molar refractivity (Wildman–Crippen MR) is 148 cm³/mol. The van der Waals surface area contributed by atoms with Crippen molar-refractivity contribution in [1.29, 1.82) is 0 Å². The average Bonchev–Trinajstić information content (AvgIpc) is 2.83. The third kappa shape index (κ3) is 8.84. The maximum Gasteiger partial charge on any atom is 0.410 e. The van der Waals surface area contributed by atoms with Gasteiger partial charge in [-0.15, -0.1) is 0 Å². The van der Waals surface area contributed by atoms with Crippen molar-refractivity contribution in [2.75, 3.05) is 19.9 Å². The lowest BCUT2D eigenvalue weighted by molar-refractivity contribution is -0.140. The summed E-state index contributed by atoms with van der Waals surface area (Å²) in [4.78, 5) is 26.3. The first-order chi connectivity index (χ1) is 17.9. The zero-order chi connectivity index (χ0) is 27.9. The van der Waals surface area contributed by atoms with E-state index in [4.69, 9.17) is 9.47 Å². The van der Waals surface area contributed by atoms with Gasteiger partial charge in [-0.1, -0.05) is 48.5 Å². The molecule has 1 aliphatic rings. The van der Waals surface area contributed by atoms with Crippen molar-refractivity contribution >= 4 is 22.1 Å². The number of methoxy groups -OCH3 is 1. The zero-order valence-corrected chi connectivity index (χ0v) is 23.8. The summed E-state index contributed by atoms with van der Waals surface area (Å²) in [6.07, 6.45) is 4.30. The minimum atomic E-state index is -3.47. The van der Waals surface area contributed by atoms with Crippen molar-refractivity contribution < 1.29 is 27.5 Å². The summed E-state index contributed by atoms with van der Waals surface area (Å²) in [5.74, 6) is -0.219. The van der Waals surface area contributed by atoms with Crippen LogP contribution in [0, 0.1) is 0 Å². The Kier molecular flexibility index (Phi) is 9.95. The van der Waals surface area contributed by atoms with Crippen molar-refractivity contribution in [3.05, 3.63) is 59.7 Å². The van der Waals surface area contributed by atoms with Crippen LogP contribution in [0.15, 0.2) is 48.5 Å². The van der Waals surface area contributed by atoms with Crippen molar-refractivity contribution in [2.24, 2.45) is 0 Å². The molecule has 0 bridgehead atoms. The summed E-state index contributed by atoms with van der Waals surface area (Å²) in [5.41, 5.74) is 3.59. The number of nitrogens with zero attached hydrogens (tertiary/aromatic N) is 1. The molecule has 1 N–H and O–H groups in total. The fraction of sp³-hybridized carbons (Fsp3) is 0.517. The molecule has 0 radical (unpaired) electrons. The highest BCUT2D eigenvalue weighted by molar-refractivity contribution is 7.88. The number of piperidine rings is 1. The van der Waals surface area contributed by atoms with Crippen LogP contribution in [0.25, 0.3) is 11.1 Å². The third-order valence-corrected chi connectivity index (χ3v) is 7.26. The Labute approximate surface area is 226 Å². The van der Waals surface area contributed by atoms with E-state index in [0.717, 1.165) is 34.9 Å². The molecule has 208 valence electrons. The maximum absolute atomic E-state index is 13.1. The van der Waals surface area contributed by atoms with Gasteiger partial charge in [0.15, 0.2) is 0 Å². The number of nitrogens with one attached hydrogen (secondary N) is 1. The van der Waals surface area contributed by atoms with E-state index in [1.54, 1.807) is 4.90 Å². The number of likely N-dealkylation sites (tertiary alicyclic amines) is 1. The van der Waals surface area contributed by atoms with Gasteiger partial charge in [0.1, 0.15) is 5.60 Å². The molecule has 1 fully saturated rings. The van der Waals surface area contributed by atoms with Gasteiger partial charge in [0.25, 0.3) is 0 Å².